The molecule has 1 aromatic rings. The van der Waals surface area contributed by atoms with Gasteiger partial charge in [-0.3, -0.25) is 10.1 Å². The van der Waals surface area contributed by atoms with Crippen molar-refractivity contribution < 1.29 is 0 Å². The maximum atomic E-state index is 4.38. The van der Waals surface area contributed by atoms with Gasteiger partial charge in [0.05, 0.1) is 12.2 Å². The second-order valence-electron chi connectivity index (χ2n) is 3.30. The van der Waals surface area contributed by atoms with Crippen LogP contribution < -0.4 is 10.6 Å². The Morgan fingerprint density at radius 3 is 3.29 bits per heavy atom. The van der Waals surface area contributed by atoms with Crippen LogP contribution in [-0.2, 0) is 6.54 Å². The number of nitrogens with one attached hydrogen (secondary N) is 3. The highest BCUT2D eigenvalue weighted by Gasteiger charge is 2.02. The maximum Gasteiger partial charge on any atom is 0.191 e. The molecule has 0 unspecified atom stereocenters. The third kappa shape index (κ3) is 2.48. The maximum absolute atomic E-state index is 4.38. The molecule has 0 saturated carbocycles. The summed E-state index contributed by atoms with van der Waals surface area (Å²) in [6.07, 6.45) is 4.11. The van der Waals surface area contributed by atoms with Gasteiger partial charge in [0, 0.05) is 19.3 Å². The molecule has 0 amide bonds. The summed E-state index contributed by atoms with van der Waals surface area (Å²) in [5, 5.41) is 13.3. The zero-order chi connectivity index (χ0) is 9.64. The van der Waals surface area contributed by atoms with Crippen LogP contribution >= 0.6 is 0 Å². The topological polar surface area (TPSA) is 65.1 Å². The first kappa shape index (κ1) is 9.05. The number of hydrogen-bond donors (Lipinski definition) is 3. The zero-order valence-electron chi connectivity index (χ0n) is 8.08. The van der Waals surface area contributed by atoms with Gasteiger partial charge in [0.15, 0.2) is 5.96 Å². The molecule has 2 heterocycles. The summed E-state index contributed by atoms with van der Waals surface area (Å²) in [6.45, 7) is 2.67. The highest BCUT2D eigenvalue weighted by molar-refractivity contribution is 5.79. The van der Waals surface area contributed by atoms with E-state index in [0.29, 0.717) is 0 Å². The molecule has 0 aliphatic carbocycles. The molecular formula is C9H15N5. The predicted molar refractivity (Wildman–Crippen MR) is 55.0 cm³/mol. The monoisotopic (exact) mass is 193 g/mol. The standard InChI is InChI=1S/C9H15N5/c1-2-5-11-9(10-4-1)12-7-8-3-6-13-14-8/h3,6H,1-2,4-5,7H2,(H,13,14)(H2,10,11,12). The number of nitrogens with zero attached hydrogens (tertiary/aromatic N) is 2. The smallest absolute Gasteiger partial charge is 0.191 e. The Morgan fingerprint density at radius 2 is 2.43 bits per heavy atom. The van der Waals surface area contributed by atoms with Crippen molar-refractivity contribution in [1.29, 1.82) is 0 Å². The summed E-state index contributed by atoms with van der Waals surface area (Å²) < 4.78 is 0. The molecule has 0 spiro atoms. The van der Waals surface area contributed by atoms with Gasteiger partial charge in [-0.15, -0.1) is 0 Å². The second-order valence-corrected chi connectivity index (χ2v) is 3.30. The molecule has 5 nitrogen and oxygen atoms in total. The van der Waals surface area contributed by atoms with E-state index in [-0.39, 0.29) is 0 Å². The number of aromatic amines is 1. The number of hydrogen-bond acceptors (Lipinski definition) is 4. The Hall–Kier alpha value is -1.52. The Kier molecular flexibility index (Phi) is 3.00. The van der Waals surface area contributed by atoms with Gasteiger partial charge in [0.2, 0.25) is 0 Å². The van der Waals surface area contributed by atoms with E-state index in [4.69, 9.17) is 0 Å². The van der Waals surface area contributed by atoms with Crippen LogP contribution in [0.1, 0.15) is 18.5 Å². The Bertz CT molecular complexity index is 290. The number of H-pyrrole nitrogens is 1. The minimum atomic E-state index is 0.742. The van der Waals surface area contributed by atoms with Crippen LogP contribution in [-0.4, -0.2) is 29.2 Å². The molecule has 3 N–H and O–H groups in total. The average Bonchev–Trinajstić information content (AvgIpc) is 2.58. The van der Waals surface area contributed by atoms with Crippen molar-refractivity contribution >= 4 is 5.96 Å². The minimum absolute atomic E-state index is 0.742. The Morgan fingerprint density at radius 1 is 1.43 bits per heavy atom. The lowest BCUT2D eigenvalue weighted by Crippen LogP contribution is -2.36. The molecule has 0 radical (unpaired) electrons. The Labute approximate surface area is 83.0 Å². The average molecular weight is 193 g/mol. The zero-order valence-corrected chi connectivity index (χ0v) is 8.08. The normalized spacial score (nSPS) is 16.7. The van der Waals surface area contributed by atoms with Gasteiger partial charge >= 0.3 is 0 Å². The summed E-state index contributed by atoms with van der Waals surface area (Å²) in [6, 6.07) is 1.95. The molecule has 0 fully saturated rings. The summed E-state index contributed by atoms with van der Waals surface area (Å²) in [7, 11) is 0. The summed E-state index contributed by atoms with van der Waals surface area (Å²) in [5.74, 6) is 0.900. The van der Waals surface area contributed by atoms with Gasteiger partial charge in [-0.2, -0.15) is 5.10 Å². The van der Waals surface area contributed by atoms with Crippen LogP contribution in [0.3, 0.4) is 0 Å². The molecular weight excluding hydrogens is 178 g/mol. The van der Waals surface area contributed by atoms with Gasteiger partial charge in [-0.1, -0.05) is 0 Å². The van der Waals surface area contributed by atoms with E-state index < -0.39 is 0 Å². The fraction of sp³-hybridized carbons (Fsp3) is 0.556. The van der Waals surface area contributed by atoms with E-state index in [1.165, 1.54) is 12.8 Å². The van der Waals surface area contributed by atoms with E-state index >= 15 is 0 Å². The highest BCUT2D eigenvalue weighted by atomic mass is 15.2. The first-order chi connectivity index (χ1) is 6.95. The fourth-order valence-electron chi connectivity index (χ4n) is 1.37. The van der Waals surface area contributed by atoms with Gasteiger partial charge < -0.3 is 10.6 Å². The molecule has 0 aromatic carbocycles. The van der Waals surface area contributed by atoms with Gasteiger partial charge in [-0.25, -0.2) is 0 Å². The van der Waals surface area contributed by atoms with Crippen LogP contribution in [0.4, 0.5) is 0 Å². The second kappa shape index (κ2) is 4.64. The van der Waals surface area contributed by atoms with E-state index in [0.717, 1.165) is 31.3 Å². The van der Waals surface area contributed by atoms with Gasteiger partial charge in [-0.05, 0) is 18.9 Å². The predicted octanol–water partition coefficient (Wildman–Crippen LogP) is 0.239. The summed E-state index contributed by atoms with van der Waals surface area (Å²) in [4.78, 5) is 4.38. The minimum Gasteiger partial charge on any atom is -0.356 e. The quantitative estimate of drug-likeness (QED) is 0.630. The molecule has 5 heteroatoms. The van der Waals surface area contributed by atoms with Crippen LogP contribution in [0.5, 0.6) is 0 Å². The van der Waals surface area contributed by atoms with Crippen molar-refractivity contribution in [2.45, 2.75) is 19.4 Å². The van der Waals surface area contributed by atoms with Crippen molar-refractivity contribution in [2.75, 3.05) is 13.1 Å². The summed E-state index contributed by atoms with van der Waals surface area (Å²) >= 11 is 0. The van der Waals surface area contributed by atoms with Crippen molar-refractivity contribution in [3.05, 3.63) is 18.0 Å². The number of rotatable bonds is 2. The molecule has 1 aromatic heterocycles. The molecule has 1 aliphatic heterocycles. The third-order valence-electron chi connectivity index (χ3n) is 2.15. The first-order valence-corrected chi connectivity index (χ1v) is 4.95. The fourth-order valence-corrected chi connectivity index (χ4v) is 1.37. The van der Waals surface area contributed by atoms with E-state index in [2.05, 4.69) is 25.8 Å². The van der Waals surface area contributed by atoms with Crippen LogP contribution in [0.25, 0.3) is 0 Å². The van der Waals surface area contributed by atoms with Crippen LogP contribution in [0, 0.1) is 0 Å². The molecule has 14 heavy (non-hydrogen) atoms. The SMILES string of the molecule is c1cc(CNC2=NCCCCN2)[nH]n1. The molecule has 0 atom stereocenters. The Balaban J connectivity index is 1.82. The molecule has 1 aliphatic rings. The molecule has 0 saturated heterocycles. The van der Waals surface area contributed by atoms with Gasteiger partial charge in [0.25, 0.3) is 0 Å². The van der Waals surface area contributed by atoms with Crippen LogP contribution in [0.15, 0.2) is 17.3 Å². The third-order valence-corrected chi connectivity index (χ3v) is 2.15. The summed E-state index contributed by atoms with van der Waals surface area (Å²) in [5.41, 5.74) is 1.07. The van der Waals surface area contributed by atoms with Crippen LogP contribution in [0.2, 0.25) is 0 Å². The van der Waals surface area contributed by atoms with E-state index in [1.54, 1.807) is 6.20 Å². The lowest BCUT2D eigenvalue weighted by Gasteiger charge is -2.08. The van der Waals surface area contributed by atoms with Gasteiger partial charge in [0.1, 0.15) is 0 Å². The first-order valence-electron chi connectivity index (χ1n) is 4.95. The van der Waals surface area contributed by atoms with E-state index in [9.17, 15) is 0 Å². The van der Waals surface area contributed by atoms with Crippen molar-refractivity contribution in [2.24, 2.45) is 4.99 Å². The number of aliphatic imine (C=N–C) groups is 1. The molecule has 0 bridgehead atoms. The van der Waals surface area contributed by atoms with Crippen molar-refractivity contribution in [3.8, 4) is 0 Å². The number of aromatic nitrogens is 2. The highest BCUT2D eigenvalue weighted by Crippen LogP contribution is 1.94. The lowest BCUT2D eigenvalue weighted by molar-refractivity contribution is 0.740. The van der Waals surface area contributed by atoms with E-state index in [1.807, 2.05) is 6.07 Å². The molecule has 76 valence electrons. The van der Waals surface area contributed by atoms with Crippen molar-refractivity contribution in [1.82, 2.24) is 20.8 Å². The largest absolute Gasteiger partial charge is 0.356 e. The lowest BCUT2D eigenvalue weighted by atomic mass is 10.3. The van der Waals surface area contributed by atoms with Crippen molar-refractivity contribution in [3.63, 3.8) is 0 Å². The molecule has 2 rings (SSSR count). The number of guanidine groups is 1.